The van der Waals surface area contributed by atoms with Crippen LogP contribution in [0.2, 0.25) is 0 Å². The van der Waals surface area contributed by atoms with Gasteiger partial charge < -0.3 is 10.6 Å². The van der Waals surface area contributed by atoms with Crippen LogP contribution < -0.4 is 10.6 Å². The lowest BCUT2D eigenvalue weighted by Crippen LogP contribution is -2.32. The molecule has 4 heteroatoms. The van der Waals surface area contributed by atoms with Crippen molar-refractivity contribution in [3.63, 3.8) is 0 Å². The quantitative estimate of drug-likeness (QED) is 0.733. The van der Waals surface area contributed by atoms with E-state index in [1.54, 1.807) is 0 Å². The zero-order chi connectivity index (χ0) is 12.7. The van der Waals surface area contributed by atoms with Crippen molar-refractivity contribution in [2.75, 3.05) is 6.54 Å². The third-order valence-electron chi connectivity index (χ3n) is 2.26. The molecule has 1 amide bonds. The molecule has 1 aromatic heterocycles. The van der Waals surface area contributed by atoms with Gasteiger partial charge in [-0.2, -0.15) is 0 Å². The SMILES string of the molecule is Cc1ccc(CNCCC(=O)NC(C)C)nc1. The van der Waals surface area contributed by atoms with Crippen molar-refractivity contribution in [3.8, 4) is 0 Å². The highest BCUT2D eigenvalue weighted by Crippen LogP contribution is 1.97. The highest BCUT2D eigenvalue weighted by Gasteiger charge is 2.02. The summed E-state index contributed by atoms with van der Waals surface area (Å²) in [6, 6.07) is 4.24. The molecule has 0 aliphatic rings. The molecule has 0 aliphatic carbocycles. The Hall–Kier alpha value is -1.42. The predicted molar refractivity (Wildman–Crippen MR) is 68.6 cm³/mol. The number of aryl methyl sites for hydroxylation is 1. The molecule has 0 saturated heterocycles. The number of nitrogens with one attached hydrogen (secondary N) is 2. The van der Waals surface area contributed by atoms with Gasteiger partial charge in [0.25, 0.3) is 0 Å². The fraction of sp³-hybridized carbons (Fsp3) is 0.538. The van der Waals surface area contributed by atoms with E-state index in [-0.39, 0.29) is 11.9 Å². The first-order chi connectivity index (χ1) is 8.08. The first-order valence-corrected chi connectivity index (χ1v) is 5.99. The van der Waals surface area contributed by atoms with E-state index in [4.69, 9.17) is 0 Å². The van der Waals surface area contributed by atoms with E-state index in [1.165, 1.54) is 0 Å². The molecule has 17 heavy (non-hydrogen) atoms. The number of hydrogen-bond donors (Lipinski definition) is 2. The van der Waals surface area contributed by atoms with Crippen LogP contribution in [0.3, 0.4) is 0 Å². The Bertz CT molecular complexity index is 346. The number of carbonyl (C=O) groups excluding carboxylic acids is 1. The monoisotopic (exact) mass is 235 g/mol. The third-order valence-corrected chi connectivity index (χ3v) is 2.26. The first-order valence-electron chi connectivity index (χ1n) is 5.99. The van der Waals surface area contributed by atoms with Gasteiger partial charge in [0.2, 0.25) is 5.91 Å². The summed E-state index contributed by atoms with van der Waals surface area (Å²) in [6.45, 7) is 7.31. The van der Waals surface area contributed by atoms with Crippen molar-refractivity contribution >= 4 is 5.91 Å². The standard InChI is InChI=1S/C13H21N3O/c1-10(2)16-13(17)6-7-14-9-12-5-4-11(3)8-15-12/h4-5,8,10,14H,6-7,9H2,1-3H3,(H,16,17). The third kappa shape index (κ3) is 6.02. The molecule has 0 aliphatic heterocycles. The Morgan fingerprint density at radius 1 is 1.41 bits per heavy atom. The van der Waals surface area contributed by atoms with E-state index in [1.807, 2.05) is 39.1 Å². The molecule has 0 fully saturated rings. The van der Waals surface area contributed by atoms with Gasteiger partial charge in [-0.1, -0.05) is 6.07 Å². The molecule has 0 atom stereocenters. The summed E-state index contributed by atoms with van der Waals surface area (Å²) in [6.07, 6.45) is 2.35. The van der Waals surface area contributed by atoms with Gasteiger partial charge in [-0.3, -0.25) is 9.78 Å². The molecule has 1 rings (SSSR count). The zero-order valence-corrected chi connectivity index (χ0v) is 10.8. The van der Waals surface area contributed by atoms with Gasteiger partial charge >= 0.3 is 0 Å². The number of hydrogen-bond acceptors (Lipinski definition) is 3. The first kappa shape index (κ1) is 13.6. The molecule has 2 N–H and O–H groups in total. The molecule has 0 bridgehead atoms. The van der Waals surface area contributed by atoms with Crippen molar-refractivity contribution < 1.29 is 4.79 Å². The summed E-state index contributed by atoms with van der Waals surface area (Å²) in [5.41, 5.74) is 2.16. The van der Waals surface area contributed by atoms with Crippen LogP contribution in [-0.4, -0.2) is 23.5 Å². The van der Waals surface area contributed by atoms with Crippen molar-refractivity contribution in [3.05, 3.63) is 29.6 Å². The van der Waals surface area contributed by atoms with E-state index < -0.39 is 0 Å². The second-order valence-electron chi connectivity index (χ2n) is 4.48. The summed E-state index contributed by atoms with van der Waals surface area (Å²) in [5.74, 6) is 0.0874. The van der Waals surface area contributed by atoms with Crippen molar-refractivity contribution in [2.45, 2.75) is 39.8 Å². The van der Waals surface area contributed by atoms with Crippen LogP contribution in [0.5, 0.6) is 0 Å². The van der Waals surface area contributed by atoms with Crippen molar-refractivity contribution in [1.29, 1.82) is 0 Å². The number of aromatic nitrogens is 1. The molecule has 1 heterocycles. The number of nitrogens with zero attached hydrogens (tertiary/aromatic N) is 1. The lowest BCUT2D eigenvalue weighted by atomic mass is 10.2. The minimum absolute atomic E-state index is 0.0874. The molecule has 0 radical (unpaired) electrons. The van der Waals surface area contributed by atoms with E-state index >= 15 is 0 Å². The fourth-order valence-electron chi connectivity index (χ4n) is 1.42. The Morgan fingerprint density at radius 3 is 2.76 bits per heavy atom. The topological polar surface area (TPSA) is 54.0 Å². The Balaban J connectivity index is 2.16. The van der Waals surface area contributed by atoms with Crippen LogP contribution in [0, 0.1) is 6.92 Å². The summed E-state index contributed by atoms with van der Waals surface area (Å²) in [7, 11) is 0. The van der Waals surface area contributed by atoms with Crippen LogP contribution in [0.15, 0.2) is 18.3 Å². The maximum atomic E-state index is 11.3. The van der Waals surface area contributed by atoms with Crippen LogP contribution >= 0.6 is 0 Å². The molecule has 1 aromatic rings. The van der Waals surface area contributed by atoms with Gasteiger partial charge in [-0.15, -0.1) is 0 Å². The van der Waals surface area contributed by atoms with E-state index in [0.717, 1.165) is 11.3 Å². The van der Waals surface area contributed by atoms with Crippen LogP contribution in [0.1, 0.15) is 31.5 Å². The Kier molecular flexibility index (Phi) is 5.63. The molecular formula is C13H21N3O. The van der Waals surface area contributed by atoms with Gasteiger partial charge in [-0.25, -0.2) is 0 Å². The minimum Gasteiger partial charge on any atom is -0.354 e. The van der Waals surface area contributed by atoms with Gasteiger partial charge in [0.05, 0.1) is 5.69 Å². The minimum atomic E-state index is 0.0874. The molecule has 4 nitrogen and oxygen atoms in total. The van der Waals surface area contributed by atoms with Gasteiger partial charge in [0, 0.05) is 31.7 Å². The molecule has 0 saturated carbocycles. The maximum Gasteiger partial charge on any atom is 0.221 e. The van der Waals surface area contributed by atoms with E-state index in [9.17, 15) is 4.79 Å². The average molecular weight is 235 g/mol. The van der Waals surface area contributed by atoms with Crippen molar-refractivity contribution in [1.82, 2.24) is 15.6 Å². The largest absolute Gasteiger partial charge is 0.354 e. The smallest absolute Gasteiger partial charge is 0.221 e. The highest BCUT2D eigenvalue weighted by molar-refractivity contribution is 5.76. The average Bonchev–Trinajstić information content (AvgIpc) is 2.26. The number of pyridine rings is 1. The summed E-state index contributed by atoms with van der Waals surface area (Å²) in [5, 5.41) is 6.06. The number of carbonyl (C=O) groups is 1. The maximum absolute atomic E-state index is 11.3. The molecule has 0 unspecified atom stereocenters. The van der Waals surface area contributed by atoms with Crippen LogP contribution in [0.25, 0.3) is 0 Å². The highest BCUT2D eigenvalue weighted by atomic mass is 16.1. The van der Waals surface area contributed by atoms with Gasteiger partial charge in [0.1, 0.15) is 0 Å². The number of amides is 1. The molecule has 0 aromatic carbocycles. The summed E-state index contributed by atoms with van der Waals surface area (Å²) < 4.78 is 0. The lowest BCUT2D eigenvalue weighted by molar-refractivity contribution is -0.121. The Morgan fingerprint density at radius 2 is 2.18 bits per heavy atom. The van der Waals surface area contributed by atoms with E-state index in [2.05, 4.69) is 15.6 Å². The van der Waals surface area contributed by atoms with E-state index in [0.29, 0.717) is 19.5 Å². The predicted octanol–water partition coefficient (Wildman–Crippen LogP) is 1.39. The summed E-state index contributed by atoms with van der Waals surface area (Å²) >= 11 is 0. The Labute approximate surface area is 103 Å². The molecule has 94 valence electrons. The van der Waals surface area contributed by atoms with Crippen molar-refractivity contribution in [2.24, 2.45) is 0 Å². The van der Waals surface area contributed by atoms with Crippen LogP contribution in [-0.2, 0) is 11.3 Å². The van der Waals surface area contributed by atoms with Gasteiger partial charge in [0.15, 0.2) is 0 Å². The molecule has 0 spiro atoms. The second kappa shape index (κ2) is 7.01. The molecular weight excluding hydrogens is 214 g/mol. The lowest BCUT2D eigenvalue weighted by Gasteiger charge is -2.08. The second-order valence-corrected chi connectivity index (χ2v) is 4.48. The number of rotatable bonds is 6. The normalized spacial score (nSPS) is 10.6. The van der Waals surface area contributed by atoms with Crippen LogP contribution in [0.4, 0.5) is 0 Å². The zero-order valence-electron chi connectivity index (χ0n) is 10.8. The fourth-order valence-corrected chi connectivity index (χ4v) is 1.42. The summed E-state index contributed by atoms with van der Waals surface area (Å²) in [4.78, 5) is 15.6. The van der Waals surface area contributed by atoms with Gasteiger partial charge in [-0.05, 0) is 32.4 Å².